The number of allylic oxidation sites excluding steroid dienone is 3. The fourth-order valence-electron chi connectivity index (χ4n) is 10.2. The van der Waals surface area contributed by atoms with Gasteiger partial charge in [-0.2, -0.15) is 0 Å². The Morgan fingerprint density at radius 3 is 2.43 bits per heavy atom. The molecule has 2 saturated heterocycles. The number of aliphatic imine (C=N–C) groups is 1. The van der Waals surface area contributed by atoms with Crippen molar-refractivity contribution in [3.05, 3.63) is 30.3 Å². The van der Waals surface area contributed by atoms with Gasteiger partial charge in [0.15, 0.2) is 24.2 Å². The molecule has 15 nitrogen and oxygen atoms in total. The van der Waals surface area contributed by atoms with E-state index in [-0.39, 0.29) is 36.6 Å². The Hall–Kier alpha value is -2.44. The first kappa shape index (κ1) is 43.1. The maximum Gasteiger partial charge on any atom is 0.335 e. The maximum atomic E-state index is 12.7. The van der Waals surface area contributed by atoms with Gasteiger partial charge in [-0.05, 0) is 81.5 Å². The number of carbonyl (C=O) groups excluding carboxylic acids is 1. The quantitative estimate of drug-likeness (QED) is 0.0648. The van der Waals surface area contributed by atoms with Crippen molar-refractivity contribution in [1.82, 2.24) is 5.32 Å². The number of aliphatic hydroxyl groups excluding tert-OH is 5. The van der Waals surface area contributed by atoms with Crippen molar-refractivity contribution in [3.63, 3.8) is 0 Å². The molecular weight excluding hydrogens is 726 g/mol. The topological polar surface area (TPSA) is 254 Å². The molecule has 14 atom stereocenters. The number of carboxylic acid groups (broad SMARTS) is 1. The van der Waals surface area contributed by atoms with Crippen LogP contribution in [0.5, 0.6) is 0 Å². The van der Waals surface area contributed by atoms with Crippen LogP contribution in [0.4, 0.5) is 0 Å². The highest BCUT2D eigenvalue weighted by molar-refractivity contribution is 5.82. The first-order chi connectivity index (χ1) is 26.8. The number of aliphatic hydroxyl groups is 6. The molecule has 6 rings (SSSR count). The summed E-state index contributed by atoms with van der Waals surface area (Å²) in [7, 11) is 0. The normalized spacial score (nSPS) is 41.0. The number of nitrogens with one attached hydrogen (secondary N) is 1. The molecule has 15 heteroatoms. The number of rotatable bonds is 15. The van der Waals surface area contributed by atoms with Crippen LogP contribution in [-0.4, -0.2) is 127 Å². The molecule has 56 heavy (non-hydrogen) atoms. The van der Waals surface area contributed by atoms with Crippen LogP contribution in [-0.2, 0) is 23.8 Å². The zero-order valence-corrected chi connectivity index (χ0v) is 32.4. The van der Waals surface area contributed by atoms with Crippen LogP contribution in [0.1, 0.15) is 96.8 Å². The molecule has 0 aromatic rings. The van der Waals surface area contributed by atoms with E-state index in [2.05, 4.69) is 29.4 Å². The fourth-order valence-corrected chi connectivity index (χ4v) is 10.2. The van der Waals surface area contributed by atoms with Gasteiger partial charge < -0.3 is 55.7 Å². The molecule has 314 valence electrons. The van der Waals surface area contributed by atoms with Crippen LogP contribution < -0.4 is 11.1 Å². The molecule has 10 N–H and O–H groups in total. The second kappa shape index (κ2) is 19.1. The third kappa shape index (κ3) is 9.70. The molecule has 3 aliphatic carbocycles. The Labute approximate surface area is 329 Å². The Bertz CT molecular complexity index is 1420. The number of nitrogens with zero attached hydrogens (tertiary/aromatic N) is 1. The van der Waals surface area contributed by atoms with Gasteiger partial charge in [-0.15, -0.1) is 4.99 Å². The maximum absolute atomic E-state index is 12.7. The summed E-state index contributed by atoms with van der Waals surface area (Å²) in [5.74, 6) is -2.60. The van der Waals surface area contributed by atoms with Crippen molar-refractivity contribution in [2.45, 2.75) is 164 Å². The summed E-state index contributed by atoms with van der Waals surface area (Å²) in [6.07, 6.45) is 5.01. The van der Waals surface area contributed by atoms with Gasteiger partial charge in [-0.1, -0.05) is 38.3 Å². The summed E-state index contributed by atoms with van der Waals surface area (Å²) >= 11 is 0. The highest BCUT2D eigenvalue weighted by Gasteiger charge is 2.62. The average molecular weight is 791 g/mol. The van der Waals surface area contributed by atoms with Gasteiger partial charge in [0.2, 0.25) is 5.91 Å². The van der Waals surface area contributed by atoms with Crippen LogP contribution in [0.25, 0.3) is 0 Å². The van der Waals surface area contributed by atoms with Gasteiger partial charge in [-0.25, -0.2) is 4.79 Å². The minimum atomic E-state index is -2.72. The number of fused-ring (bicyclic) bond motifs is 1. The van der Waals surface area contributed by atoms with E-state index in [0.717, 1.165) is 12.0 Å². The molecule has 0 radical (unpaired) electrons. The highest BCUT2D eigenvalue weighted by atomic mass is 16.7. The Balaban J connectivity index is 1.15. The van der Waals surface area contributed by atoms with Crippen molar-refractivity contribution in [3.8, 4) is 0 Å². The van der Waals surface area contributed by atoms with Crippen molar-refractivity contribution in [2.24, 2.45) is 46.2 Å². The van der Waals surface area contributed by atoms with Crippen LogP contribution in [0.15, 0.2) is 28.8 Å². The van der Waals surface area contributed by atoms with Crippen LogP contribution in [0, 0.1) is 42.1 Å². The molecule has 5 fully saturated rings. The number of amides is 1. The fraction of sp³-hybridized carbons (Fsp3) is 0.805. The minimum Gasteiger partial charge on any atom is -0.479 e. The number of carbonyl (C=O) groups is 2. The number of nitrogens with two attached hydrogens (primary N) is 1. The number of hydrogen-bond acceptors (Lipinski definition) is 13. The largest absolute Gasteiger partial charge is 0.479 e. The summed E-state index contributed by atoms with van der Waals surface area (Å²) in [5.41, 5.74) is 4.08. The molecule has 6 unspecified atom stereocenters. The summed E-state index contributed by atoms with van der Waals surface area (Å²) in [6, 6.07) is 0. The van der Waals surface area contributed by atoms with Crippen molar-refractivity contribution < 1.29 is 59.5 Å². The number of carboxylic acids is 1. The smallest absolute Gasteiger partial charge is 0.335 e. The molecule has 0 bridgehead atoms. The standard InChI is InChI=1S/C41H63N3O12/c1-22(6-5-9-23-7-3-2-4-8-23)26(18-24-16-17-43-20-24)21-44-39(52)41(53)36(48)33(47)35(38(50)51)56-40(41)54-28-14-15-29-30(19-28)55-34(37(42)49)31(32(29)46)25-10-12-27(45)13-11-25/h5,9,16-17,20,22-23,25-36,39-40,44-48,52-53H,2-4,6-8,10-15,18-19,21H2,1H3,(H2-,42,49,50,51)/p+1/t22-,25?,26+,27?,28?,29?,30?,31?,32?,33-,34?,35+,36+,39-,40-,41-/m1/s1. The first-order valence-electron chi connectivity index (χ1n) is 20.8. The van der Waals surface area contributed by atoms with Crippen LogP contribution in [0.3, 0.4) is 0 Å². The van der Waals surface area contributed by atoms with E-state index in [1.54, 1.807) is 12.8 Å². The lowest BCUT2D eigenvalue weighted by molar-refractivity contribution is -0.367. The van der Waals surface area contributed by atoms with Crippen molar-refractivity contribution in [1.29, 1.82) is 0 Å². The Morgan fingerprint density at radius 2 is 1.77 bits per heavy atom. The average Bonchev–Trinajstić information content (AvgIpc) is 3.70. The zero-order chi connectivity index (χ0) is 40.1. The predicted molar refractivity (Wildman–Crippen MR) is 203 cm³/mol. The molecule has 3 saturated carbocycles. The zero-order valence-electron chi connectivity index (χ0n) is 32.4. The van der Waals surface area contributed by atoms with Crippen molar-refractivity contribution in [2.75, 3.05) is 6.54 Å². The van der Waals surface area contributed by atoms with E-state index in [1.165, 1.54) is 32.1 Å². The lowest BCUT2D eigenvalue weighted by atomic mass is 9.66. The predicted octanol–water partition coefficient (Wildman–Crippen LogP) is 1.46. The molecule has 6 aliphatic rings. The van der Waals surface area contributed by atoms with Gasteiger partial charge >= 0.3 is 5.97 Å². The molecule has 3 aliphatic heterocycles. The van der Waals surface area contributed by atoms with Gasteiger partial charge in [0.25, 0.3) is 0 Å². The van der Waals surface area contributed by atoms with Gasteiger partial charge in [-0.3, -0.25) is 10.1 Å². The van der Waals surface area contributed by atoms with Crippen molar-refractivity contribution >= 4 is 18.1 Å². The molecule has 0 aromatic carbocycles. The van der Waals surface area contributed by atoms with E-state index in [1.807, 2.05) is 6.08 Å². The van der Waals surface area contributed by atoms with E-state index >= 15 is 0 Å². The second-order valence-corrected chi connectivity index (χ2v) is 17.4. The molecule has 1 amide bonds. The van der Waals surface area contributed by atoms with Crippen LogP contribution >= 0.6 is 0 Å². The second-order valence-electron chi connectivity index (χ2n) is 17.4. The van der Waals surface area contributed by atoms with E-state index in [4.69, 9.17) is 19.9 Å². The lowest BCUT2D eigenvalue weighted by Crippen LogP contribution is -2.75. The third-order valence-corrected chi connectivity index (χ3v) is 13.7. The SMILES string of the molecule is C[C@H](CC=CC1CCCCC1)[C@H](CN[C@H](O)[C@@]1(O)[C@H](OC2CCC3C(C2)OC(C(N)=O)C(C2CCC(O)CC2)C3O)O[C@H](C(=O)O)[C@@H](O)[C@@H]1O)CC1=C[CH+]N=C1. The molecule has 0 spiro atoms. The molecular formula is C41H64N3O12+. The third-order valence-electron chi connectivity index (χ3n) is 13.7. The van der Waals surface area contributed by atoms with E-state index < -0.39 is 84.7 Å². The Kier molecular flexibility index (Phi) is 14.7. The van der Waals surface area contributed by atoms with E-state index in [9.17, 15) is 45.3 Å². The summed E-state index contributed by atoms with van der Waals surface area (Å²) in [5, 5.41) is 80.4. The molecule has 0 aromatic heterocycles. The van der Waals surface area contributed by atoms with Gasteiger partial charge in [0, 0.05) is 31.2 Å². The monoisotopic (exact) mass is 790 g/mol. The van der Waals surface area contributed by atoms with Gasteiger partial charge in [0.1, 0.15) is 36.7 Å². The first-order valence-corrected chi connectivity index (χ1v) is 20.8. The summed E-state index contributed by atoms with van der Waals surface area (Å²) in [6.45, 7) is 4.01. The number of primary amides is 1. The van der Waals surface area contributed by atoms with E-state index in [0.29, 0.717) is 50.9 Å². The van der Waals surface area contributed by atoms with Gasteiger partial charge in [0.05, 0.1) is 30.5 Å². The minimum absolute atomic E-state index is 0.0525. The lowest BCUT2D eigenvalue weighted by Gasteiger charge is -2.52. The summed E-state index contributed by atoms with van der Waals surface area (Å²) < 4.78 is 18.2. The number of aliphatic carboxylic acids is 1. The highest BCUT2D eigenvalue weighted by Crippen LogP contribution is 2.46. The molecule has 3 heterocycles. The Morgan fingerprint density at radius 1 is 1.04 bits per heavy atom. The number of hydrogen-bond donors (Lipinski definition) is 9. The summed E-state index contributed by atoms with van der Waals surface area (Å²) in [4.78, 5) is 29.0. The van der Waals surface area contributed by atoms with Crippen LogP contribution in [0.2, 0.25) is 0 Å². The number of ether oxygens (including phenoxy) is 3.